The zero-order valence-electron chi connectivity index (χ0n) is 9.65. The van der Waals surface area contributed by atoms with Crippen LogP contribution in [-0.4, -0.2) is 13.0 Å². The number of hydrogen-bond donors (Lipinski definition) is 1. The van der Waals surface area contributed by atoms with Crippen molar-refractivity contribution in [1.29, 1.82) is 0 Å². The van der Waals surface area contributed by atoms with E-state index in [0.29, 0.717) is 12.1 Å². The molecule has 0 aromatic heterocycles. The summed E-state index contributed by atoms with van der Waals surface area (Å²) in [5.41, 5.74) is -1.54. The van der Waals surface area contributed by atoms with Crippen LogP contribution < -0.4 is 5.32 Å². The number of nitrogens with one attached hydrogen (secondary N) is 1. The molecule has 0 bridgehead atoms. The molecule has 1 amide bonds. The summed E-state index contributed by atoms with van der Waals surface area (Å²) in [6.45, 7) is 4.00. The third kappa shape index (κ3) is 4.42. The van der Waals surface area contributed by atoms with E-state index in [4.69, 9.17) is 0 Å². The molecule has 0 aliphatic rings. The molecule has 1 rings (SSSR count). The van der Waals surface area contributed by atoms with Crippen LogP contribution in [0.15, 0.2) is 18.2 Å². The highest BCUT2D eigenvalue weighted by Gasteiger charge is 2.31. The van der Waals surface area contributed by atoms with Crippen molar-refractivity contribution in [3.05, 3.63) is 35.1 Å². The lowest BCUT2D eigenvalue weighted by Crippen LogP contribution is -2.19. The number of amides is 1. The molecule has 96 valence electrons. The Hall–Kier alpha value is -1.59. The van der Waals surface area contributed by atoms with E-state index in [-0.39, 0.29) is 5.56 Å². The number of benzene rings is 1. The molecule has 6 heteroatoms. The lowest BCUT2D eigenvalue weighted by molar-refractivity contribution is -0.137. The third-order valence-corrected chi connectivity index (χ3v) is 1.71. The zero-order chi connectivity index (χ0) is 13.6. The molecule has 2 nitrogen and oxygen atoms in total. The van der Waals surface area contributed by atoms with Gasteiger partial charge in [-0.05, 0) is 18.2 Å². The normalized spacial score (nSPS) is 10.3. The van der Waals surface area contributed by atoms with E-state index >= 15 is 0 Å². The summed E-state index contributed by atoms with van der Waals surface area (Å²) in [6, 6.07) is 1.68. The highest BCUT2D eigenvalue weighted by atomic mass is 19.4. The van der Waals surface area contributed by atoms with E-state index in [0.717, 1.165) is 6.07 Å². The van der Waals surface area contributed by atoms with Gasteiger partial charge < -0.3 is 5.32 Å². The predicted octanol–water partition coefficient (Wildman–Crippen LogP) is 3.23. The summed E-state index contributed by atoms with van der Waals surface area (Å²) in [6.07, 6.45) is -4.66. The van der Waals surface area contributed by atoms with E-state index in [1.54, 1.807) is 0 Å². The molecule has 0 spiro atoms. The van der Waals surface area contributed by atoms with Gasteiger partial charge >= 0.3 is 6.18 Å². The standard InChI is InChI=1S/C9H7F4NO.C2H6/c1-14-8(15)5-2-6(9(11,12)13)4-7(10)3-5;1-2/h2-4H,1H3,(H,14,15);1-2H3. The molecule has 0 heterocycles. The lowest BCUT2D eigenvalue weighted by Gasteiger charge is -2.08. The molecule has 0 radical (unpaired) electrons. The number of alkyl halides is 3. The second kappa shape index (κ2) is 6.22. The smallest absolute Gasteiger partial charge is 0.355 e. The fourth-order valence-corrected chi connectivity index (χ4v) is 1.03. The molecule has 1 N–H and O–H groups in total. The summed E-state index contributed by atoms with van der Waals surface area (Å²) in [4.78, 5) is 11.0. The summed E-state index contributed by atoms with van der Waals surface area (Å²) >= 11 is 0. The molecule has 0 aliphatic carbocycles. The van der Waals surface area contributed by atoms with Gasteiger partial charge in [0.05, 0.1) is 5.56 Å². The van der Waals surface area contributed by atoms with Crippen molar-refractivity contribution in [2.24, 2.45) is 0 Å². The maximum Gasteiger partial charge on any atom is 0.416 e. The maximum atomic E-state index is 12.8. The topological polar surface area (TPSA) is 29.1 Å². The van der Waals surface area contributed by atoms with E-state index in [2.05, 4.69) is 5.32 Å². The molecule has 0 atom stereocenters. The fourth-order valence-electron chi connectivity index (χ4n) is 1.03. The van der Waals surface area contributed by atoms with Crippen molar-refractivity contribution in [3.8, 4) is 0 Å². The van der Waals surface area contributed by atoms with E-state index in [1.165, 1.54) is 7.05 Å². The number of hydrogen-bond acceptors (Lipinski definition) is 1. The molecular weight excluding hydrogens is 238 g/mol. The predicted molar refractivity (Wildman–Crippen MR) is 56.1 cm³/mol. The lowest BCUT2D eigenvalue weighted by atomic mass is 10.1. The van der Waals surface area contributed by atoms with E-state index in [1.807, 2.05) is 13.8 Å². The number of rotatable bonds is 1. The highest BCUT2D eigenvalue weighted by Crippen LogP contribution is 2.30. The van der Waals surface area contributed by atoms with E-state index < -0.39 is 23.5 Å². The van der Waals surface area contributed by atoms with Crippen LogP contribution in [0.25, 0.3) is 0 Å². The van der Waals surface area contributed by atoms with E-state index in [9.17, 15) is 22.4 Å². The first kappa shape index (κ1) is 15.4. The van der Waals surface area contributed by atoms with Crippen molar-refractivity contribution in [3.63, 3.8) is 0 Å². The van der Waals surface area contributed by atoms with Gasteiger partial charge in [-0.25, -0.2) is 4.39 Å². The molecule has 0 fully saturated rings. The van der Waals surface area contributed by atoms with Crippen molar-refractivity contribution >= 4 is 5.91 Å². The Morgan fingerprint density at radius 2 is 1.71 bits per heavy atom. The van der Waals surface area contributed by atoms with Gasteiger partial charge in [-0.1, -0.05) is 13.8 Å². The molecule has 17 heavy (non-hydrogen) atoms. The number of halogens is 4. The summed E-state index contributed by atoms with van der Waals surface area (Å²) in [5.74, 6) is -1.86. The summed E-state index contributed by atoms with van der Waals surface area (Å²) < 4.78 is 49.4. The molecule has 1 aromatic rings. The minimum Gasteiger partial charge on any atom is -0.355 e. The minimum absolute atomic E-state index is 0.340. The Morgan fingerprint density at radius 3 is 2.12 bits per heavy atom. The molecule has 0 saturated carbocycles. The van der Waals surface area contributed by atoms with Gasteiger partial charge in [0.2, 0.25) is 0 Å². The Balaban J connectivity index is 0.00000121. The van der Waals surface area contributed by atoms with Gasteiger partial charge in [0.25, 0.3) is 5.91 Å². The molecule has 0 unspecified atom stereocenters. The average molecular weight is 251 g/mol. The maximum absolute atomic E-state index is 12.8. The quantitative estimate of drug-likeness (QED) is 0.763. The number of carbonyl (C=O) groups is 1. The first-order valence-corrected chi connectivity index (χ1v) is 4.94. The van der Waals surface area contributed by atoms with Crippen molar-refractivity contribution < 1.29 is 22.4 Å². The van der Waals surface area contributed by atoms with Crippen LogP contribution in [0.1, 0.15) is 29.8 Å². The monoisotopic (exact) mass is 251 g/mol. The Bertz CT molecular complexity index is 388. The largest absolute Gasteiger partial charge is 0.416 e. The van der Waals surface area contributed by atoms with Crippen LogP contribution in [0.2, 0.25) is 0 Å². The van der Waals surface area contributed by atoms with Gasteiger partial charge in [0, 0.05) is 12.6 Å². The number of carbonyl (C=O) groups excluding carboxylic acids is 1. The zero-order valence-corrected chi connectivity index (χ0v) is 9.65. The van der Waals surface area contributed by atoms with Gasteiger partial charge in [0.15, 0.2) is 0 Å². The second-order valence-electron chi connectivity index (χ2n) is 2.81. The van der Waals surface area contributed by atoms with Crippen molar-refractivity contribution in [1.82, 2.24) is 5.32 Å². The van der Waals surface area contributed by atoms with Crippen LogP contribution in [0.4, 0.5) is 17.6 Å². The molecular formula is C11H13F4NO. The SMILES string of the molecule is CC.CNC(=O)c1cc(F)cc(C(F)(F)F)c1. The van der Waals surface area contributed by atoms with Gasteiger partial charge in [0.1, 0.15) is 5.82 Å². The van der Waals surface area contributed by atoms with Crippen LogP contribution in [0, 0.1) is 5.82 Å². The first-order chi connectivity index (χ1) is 7.84. The van der Waals surface area contributed by atoms with Crippen molar-refractivity contribution in [2.45, 2.75) is 20.0 Å². The van der Waals surface area contributed by atoms with Crippen LogP contribution in [-0.2, 0) is 6.18 Å². The first-order valence-electron chi connectivity index (χ1n) is 4.94. The summed E-state index contributed by atoms with van der Waals surface area (Å²) in [7, 11) is 1.25. The summed E-state index contributed by atoms with van der Waals surface area (Å²) in [5, 5.41) is 2.11. The van der Waals surface area contributed by atoms with Gasteiger partial charge in [-0.2, -0.15) is 13.2 Å². The van der Waals surface area contributed by atoms with Gasteiger partial charge in [-0.15, -0.1) is 0 Å². The fraction of sp³-hybridized carbons (Fsp3) is 0.364. The molecule has 0 saturated heterocycles. The third-order valence-electron chi connectivity index (χ3n) is 1.71. The van der Waals surface area contributed by atoms with Gasteiger partial charge in [-0.3, -0.25) is 4.79 Å². The molecule has 0 aliphatic heterocycles. The highest BCUT2D eigenvalue weighted by molar-refractivity contribution is 5.94. The molecule has 1 aromatic carbocycles. The average Bonchev–Trinajstić information content (AvgIpc) is 2.28. The van der Waals surface area contributed by atoms with Crippen LogP contribution >= 0.6 is 0 Å². The van der Waals surface area contributed by atoms with Crippen molar-refractivity contribution in [2.75, 3.05) is 7.05 Å². The Kier molecular flexibility index (Phi) is 5.64. The van der Waals surface area contributed by atoms with Crippen LogP contribution in [0.3, 0.4) is 0 Å². The Morgan fingerprint density at radius 1 is 1.18 bits per heavy atom. The minimum atomic E-state index is -4.66. The Labute approximate surface area is 96.6 Å². The van der Waals surface area contributed by atoms with Crippen LogP contribution in [0.5, 0.6) is 0 Å². The second-order valence-corrected chi connectivity index (χ2v) is 2.81.